The fourth-order valence-electron chi connectivity index (χ4n) is 6.06. The van der Waals surface area contributed by atoms with Crippen LogP contribution in [0.5, 0.6) is 0 Å². The number of nitrogens with zero attached hydrogens (tertiary/aromatic N) is 1. The molecule has 0 amide bonds. The first-order chi connectivity index (χ1) is 27.2. The van der Waals surface area contributed by atoms with Crippen molar-refractivity contribution in [2.45, 2.75) is 219 Å². The van der Waals surface area contributed by atoms with Crippen LogP contribution in [-0.2, 0) is 33.3 Å². The quantitative estimate of drug-likeness (QED) is 0.0315. The lowest BCUT2D eigenvalue weighted by molar-refractivity contribution is -0.152. The average Bonchev–Trinajstić information content (AvgIpc) is 3.60. The molecule has 0 aliphatic carbocycles. The summed E-state index contributed by atoms with van der Waals surface area (Å²) >= 11 is 0. The third-order valence-electron chi connectivity index (χ3n) is 9.60. The van der Waals surface area contributed by atoms with Crippen LogP contribution in [0.4, 0.5) is 0 Å². The van der Waals surface area contributed by atoms with Crippen molar-refractivity contribution in [1.82, 2.24) is 4.90 Å². The Bertz CT molecular complexity index is 800. The molecule has 1 saturated heterocycles. The number of carbonyl (C=O) groups excluding carboxylic acids is 3. The van der Waals surface area contributed by atoms with Crippen molar-refractivity contribution in [3.05, 3.63) is 0 Å². The van der Waals surface area contributed by atoms with Gasteiger partial charge in [0.1, 0.15) is 6.61 Å². The number of rotatable bonds is 36. The van der Waals surface area contributed by atoms with Gasteiger partial charge in [0.05, 0.1) is 19.3 Å². The highest BCUT2D eigenvalue weighted by Crippen LogP contribution is 2.18. The van der Waals surface area contributed by atoms with Crippen LogP contribution in [0.3, 0.4) is 0 Å². The summed E-state index contributed by atoms with van der Waals surface area (Å²) in [6.45, 7) is 7.34. The topological polar surface area (TPSA) is 152 Å². The van der Waals surface area contributed by atoms with Gasteiger partial charge in [0.25, 0.3) is 0 Å². The molecule has 1 fully saturated rings. The lowest BCUT2D eigenvalue weighted by Gasteiger charge is -2.12. The van der Waals surface area contributed by atoms with Crippen LogP contribution in [-0.4, -0.2) is 104 Å². The minimum Gasteiger partial charge on any atom is -0.466 e. The Hall–Kier alpha value is -1.79. The fraction of sp³-hybridized carbons (Fsp3) is 0.933. The van der Waals surface area contributed by atoms with E-state index in [-0.39, 0.29) is 30.6 Å². The number of unbranched alkanes of at least 4 members (excludes halogenated alkanes) is 20. The van der Waals surface area contributed by atoms with Crippen LogP contribution in [0.25, 0.3) is 0 Å². The molecular weight excluding hydrogens is 714 g/mol. The molecule has 11 heteroatoms. The number of ether oxygens (including phenoxy) is 4. The summed E-state index contributed by atoms with van der Waals surface area (Å²) < 4.78 is 20.6. The summed E-state index contributed by atoms with van der Waals surface area (Å²) in [6.07, 6.45) is 30.4. The first kappa shape index (κ1) is 56.3. The maximum Gasteiger partial charge on any atom is 0.305 e. The second-order valence-corrected chi connectivity index (χ2v) is 15.5. The van der Waals surface area contributed by atoms with Gasteiger partial charge in [-0.3, -0.25) is 14.4 Å². The van der Waals surface area contributed by atoms with Crippen molar-refractivity contribution in [2.75, 3.05) is 53.7 Å². The molecule has 0 aromatic carbocycles. The van der Waals surface area contributed by atoms with E-state index in [1.165, 1.54) is 77.0 Å². The van der Waals surface area contributed by atoms with E-state index in [9.17, 15) is 14.4 Å². The molecule has 1 rings (SSSR count). The normalized spacial score (nSPS) is 14.8. The second-order valence-electron chi connectivity index (χ2n) is 15.5. The minimum atomic E-state index is -0.683. The number of hydrogen-bond acceptors (Lipinski definition) is 11. The summed E-state index contributed by atoms with van der Waals surface area (Å²) in [5.41, 5.74) is 0. The molecule has 3 N–H and O–H groups in total. The van der Waals surface area contributed by atoms with E-state index in [2.05, 4.69) is 13.8 Å². The van der Waals surface area contributed by atoms with Crippen molar-refractivity contribution in [2.24, 2.45) is 0 Å². The van der Waals surface area contributed by atoms with E-state index in [0.717, 1.165) is 96.4 Å². The Labute approximate surface area is 343 Å². The number of aliphatic hydroxyl groups excluding tert-OH is 3. The van der Waals surface area contributed by atoms with Crippen LogP contribution in [0.15, 0.2) is 0 Å². The molecule has 0 aromatic heterocycles. The van der Waals surface area contributed by atoms with Crippen molar-refractivity contribution >= 4 is 17.9 Å². The SMILES string of the molecule is CCCCCCCC(=O)OCCCCCCCCCO.CCCCCCCC(=O)OCCCCCCCCCO.CN(C)CCCC(=O)OCC1CC[C@H](O)O1. The van der Waals surface area contributed by atoms with Crippen molar-refractivity contribution in [3.63, 3.8) is 0 Å². The third kappa shape index (κ3) is 46.6. The largest absolute Gasteiger partial charge is 0.466 e. The zero-order valence-corrected chi connectivity index (χ0v) is 36.8. The molecule has 11 nitrogen and oxygen atoms in total. The van der Waals surface area contributed by atoms with Crippen LogP contribution in [0.2, 0.25) is 0 Å². The van der Waals surface area contributed by atoms with Gasteiger partial charge >= 0.3 is 17.9 Å². The summed E-state index contributed by atoms with van der Waals surface area (Å²) in [5.74, 6) is -0.235. The molecule has 0 saturated carbocycles. The minimum absolute atomic E-state index is 0.0237. The molecule has 1 unspecified atom stereocenters. The van der Waals surface area contributed by atoms with Crippen LogP contribution in [0.1, 0.15) is 206 Å². The number of esters is 3. The van der Waals surface area contributed by atoms with Crippen LogP contribution >= 0.6 is 0 Å². The third-order valence-corrected chi connectivity index (χ3v) is 9.60. The molecule has 0 spiro atoms. The molecule has 0 radical (unpaired) electrons. The van der Waals surface area contributed by atoms with E-state index in [4.69, 9.17) is 34.3 Å². The lowest BCUT2D eigenvalue weighted by Crippen LogP contribution is -2.20. The Kier molecular flexibility index (Phi) is 46.2. The van der Waals surface area contributed by atoms with Gasteiger partial charge in [-0.2, -0.15) is 0 Å². The van der Waals surface area contributed by atoms with E-state index < -0.39 is 6.29 Å². The molecule has 0 aromatic rings. The molecule has 0 bridgehead atoms. The number of aliphatic hydroxyl groups is 3. The van der Waals surface area contributed by atoms with Gasteiger partial charge in [-0.05, 0) is 72.0 Å². The standard InChI is InChI=1S/2C17H34O3.C11H21NO4/c2*1-2-3-4-8-11-14-17(19)20-16-13-10-7-5-6-9-12-15-18;1-12(2)7-3-4-10(13)15-8-9-5-6-11(14)16-9/h2*18H,2-16H2,1H3;9,11,14H,3-8H2,1-2H3/t;;9?,11-/m..1/s1. The van der Waals surface area contributed by atoms with Crippen LogP contribution < -0.4 is 0 Å². The molecule has 334 valence electrons. The monoisotopic (exact) mass is 804 g/mol. The zero-order valence-electron chi connectivity index (χ0n) is 36.8. The Morgan fingerprint density at radius 1 is 0.518 bits per heavy atom. The van der Waals surface area contributed by atoms with Gasteiger partial charge in [0, 0.05) is 38.9 Å². The Balaban J connectivity index is 0. The van der Waals surface area contributed by atoms with E-state index in [1.54, 1.807) is 0 Å². The summed E-state index contributed by atoms with van der Waals surface area (Å²) in [4.78, 5) is 36.2. The first-order valence-corrected chi connectivity index (χ1v) is 22.9. The van der Waals surface area contributed by atoms with Gasteiger partial charge in [-0.1, -0.05) is 129 Å². The molecule has 2 atom stereocenters. The maximum absolute atomic E-state index is 11.4. The predicted octanol–water partition coefficient (Wildman–Crippen LogP) is 9.60. The van der Waals surface area contributed by atoms with Crippen LogP contribution in [0, 0.1) is 0 Å². The molecular formula is C45H89NO10. The van der Waals surface area contributed by atoms with Gasteiger partial charge in [-0.25, -0.2) is 0 Å². The first-order valence-electron chi connectivity index (χ1n) is 22.9. The van der Waals surface area contributed by atoms with E-state index in [1.807, 2.05) is 19.0 Å². The molecule has 1 heterocycles. The second kappa shape index (κ2) is 45.9. The molecule has 1 aliphatic heterocycles. The highest BCUT2D eigenvalue weighted by Gasteiger charge is 2.24. The highest BCUT2D eigenvalue weighted by atomic mass is 16.6. The van der Waals surface area contributed by atoms with E-state index >= 15 is 0 Å². The zero-order chi connectivity index (χ0) is 41.7. The van der Waals surface area contributed by atoms with Gasteiger partial charge in [0.15, 0.2) is 6.29 Å². The average molecular weight is 804 g/mol. The fourth-order valence-corrected chi connectivity index (χ4v) is 6.06. The lowest BCUT2D eigenvalue weighted by atomic mass is 10.1. The van der Waals surface area contributed by atoms with Crippen molar-refractivity contribution < 1.29 is 48.7 Å². The van der Waals surface area contributed by atoms with Gasteiger partial charge in [-0.15, -0.1) is 0 Å². The Morgan fingerprint density at radius 2 is 0.893 bits per heavy atom. The smallest absolute Gasteiger partial charge is 0.305 e. The number of hydrogen-bond donors (Lipinski definition) is 3. The van der Waals surface area contributed by atoms with Gasteiger partial charge in [0.2, 0.25) is 0 Å². The Morgan fingerprint density at radius 3 is 1.29 bits per heavy atom. The molecule has 1 aliphatic rings. The predicted molar refractivity (Wildman–Crippen MR) is 226 cm³/mol. The maximum atomic E-state index is 11.4. The number of carbonyl (C=O) groups is 3. The molecule has 56 heavy (non-hydrogen) atoms. The van der Waals surface area contributed by atoms with E-state index in [0.29, 0.717) is 52.1 Å². The summed E-state index contributed by atoms with van der Waals surface area (Å²) in [7, 11) is 3.94. The van der Waals surface area contributed by atoms with Crippen molar-refractivity contribution in [3.8, 4) is 0 Å². The van der Waals surface area contributed by atoms with Crippen molar-refractivity contribution in [1.29, 1.82) is 0 Å². The summed E-state index contributed by atoms with van der Waals surface area (Å²) in [6, 6.07) is 0. The van der Waals surface area contributed by atoms with Gasteiger partial charge < -0.3 is 39.2 Å². The summed E-state index contributed by atoms with van der Waals surface area (Å²) in [5, 5.41) is 26.4. The highest BCUT2D eigenvalue weighted by molar-refractivity contribution is 5.69.